The van der Waals surface area contributed by atoms with Crippen LogP contribution in [0.15, 0.2) is 233 Å². The number of phenols is 3. The molecule has 14 N–H and O–H groups in total. The van der Waals surface area contributed by atoms with Gasteiger partial charge in [-0.15, -0.1) is 10.2 Å². The van der Waals surface area contributed by atoms with Gasteiger partial charge in [0.05, 0.1) is 38.6 Å². The van der Waals surface area contributed by atoms with Gasteiger partial charge in [-0.3, -0.25) is 9.11 Å². The van der Waals surface area contributed by atoms with E-state index < -0.39 is 52.8 Å². The molecule has 0 aliphatic carbocycles. The number of hydrogen-bond donors (Lipinski definition) is 14. The lowest BCUT2D eigenvalue weighted by molar-refractivity contribution is 0.373. The van der Waals surface area contributed by atoms with Gasteiger partial charge in [-0.1, -0.05) is 229 Å². The van der Waals surface area contributed by atoms with E-state index >= 15 is 0 Å². The Balaban J connectivity index is 0. The third kappa shape index (κ3) is 32.1. The maximum Gasteiger partial charge on any atom is 0.261 e. The summed E-state index contributed by atoms with van der Waals surface area (Å²) in [6.07, 6.45) is 1.43. The number of rotatable bonds is 8. The minimum atomic E-state index is -4.08. The highest BCUT2D eigenvalue weighted by atomic mass is 32.3. The van der Waals surface area contributed by atoms with Gasteiger partial charge < -0.3 is 56.3 Å². The molecule has 98 heavy (non-hydrogen) atoms. The van der Waals surface area contributed by atoms with Gasteiger partial charge in [0.25, 0.3) is 20.2 Å². The lowest BCUT2D eigenvalue weighted by Gasteiger charge is -2.22. The highest BCUT2D eigenvalue weighted by Gasteiger charge is 2.28. The highest BCUT2D eigenvalue weighted by molar-refractivity contribution is 8.20. The molecule has 0 aliphatic rings. The zero-order valence-electron chi connectivity index (χ0n) is 58.0. The summed E-state index contributed by atoms with van der Waals surface area (Å²) in [6, 6.07) is 55.9. The van der Waals surface area contributed by atoms with Crippen molar-refractivity contribution in [3.05, 3.63) is 199 Å². The molecule has 0 bridgehead atoms. The Morgan fingerprint density at radius 3 is 0.837 bits per heavy atom. The topological polar surface area (TPSA) is 426 Å². The summed E-state index contributed by atoms with van der Waals surface area (Å²) in [7, 11) is -18.1. The van der Waals surface area contributed by atoms with Crippen LogP contribution >= 0.6 is 32.6 Å². The lowest BCUT2D eigenvalue weighted by Crippen LogP contribution is -1.97. The Kier molecular flexibility index (Phi) is 43.4. The number of fused-ring (bicyclic) bond motifs is 4. The van der Waals surface area contributed by atoms with Crippen LogP contribution in [0.3, 0.4) is 0 Å². The Labute approximate surface area is 581 Å². The summed E-state index contributed by atoms with van der Waals surface area (Å²) >= 11 is 0. The summed E-state index contributed by atoms with van der Waals surface area (Å²) in [5.74, 6) is -0.758. The van der Waals surface area contributed by atoms with Gasteiger partial charge in [0.2, 0.25) is 0 Å². The maximum absolute atomic E-state index is 10.6. The molecule has 0 aromatic heterocycles. The molecule has 0 saturated heterocycles. The first-order chi connectivity index (χ1) is 46.2. The van der Waals surface area contributed by atoms with E-state index in [4.69, 9.17) is 9.11 Å². The molecule has 0 aliphatic heterocycles. The normalized spacial score (nSPS) is 11.3. The van der Waals surface area contributed by atoms with E-state index in [9.17, 15) is 73.1 Å². The van der Waals surface area contributed by atoms with E-state index in [0.29, 0.717) is 56.2 Å². The van der Waals surface area contributed by atoms with Gasteiger partial charge >= 0.3 is 0 Å². The SMILES string of the molecule is CC.CC.CC.CC.CC.CC.CN=Nc1c(S(O)(O)O)cc2cccc(C)c2c1O.CS(=O)(=O)O.CS(=O)(=O)O.Cc1cccc2cc(S(O)(O)O)c(N=Nc3ccccc3)c(O)c12.Oc1c(N=Nc2ccccc2)c(S(O)(O)O)cc2ccccc12.c1ccc2ccccc2c1. The van der Waals surface area contributed by atoms with Crippen LogP contribution in [0.25, 0.3) is 43.1 Å². The first kappa shape index (κ1) is 92.0. The largest absolute Gasteiger partial charge is 0.505 e. The molecule has 0 spiro atoms. The van der Waals surface area contributed by atoms with E-state index in [-0.39, 0.29) is 49.0 Å². The molecule has 0 heterocycles. The van der Waals surface area contributed by atoms with Crippen LogP contribution in [0.1, 0.15) is 94.2 Å². The molecule has 24 nitrogen and oxygen atoms in total. The van der Waals surface area contributed by atoms with Gasteiger partial charge in [-0.05, 0) is 94.4 Å². The average molecular weight is 1460 g/mol. The Morgan fingerprint density at radius 2 is 0.541 bits per heavy atom. The number of aromatic hydroxyl groups is 3. The van der Waals surface area contributed by atoms with Crippen LogP contribution in [0.4, 0.5) is 28.4 Å². The number of aryl methyl sites for hydroxylation is 2. The smallest absolute Gasteiger partial charge is 0.261 e. The van der Waals surface area contributed by atoms with Crippen LogP contribution in [0.2, 0.25) is 0 Å². The molecule has 10 aromatic carbocycles. The van der Waals surface area contributed by atoms with Crippen molar-refractivity contribution in [2.24, 2.45) is 30.7 Å². The first-order valence-corrected chi connectivity index (χ1v) is 38.7. The number of phenolic OH excluding ortho intramolecular Hbond substituents is 3. The fourth-order valence-corrected chi connectivity index (χ4v) is 9.85. The Hall–Kier alpha value is -8.05. The average Bonchev–Trinajstić information content (AvgIpc) is 0.782. The van der Waals surface area contributed by atoms with Crippen molar-refractivity contribution in [3.8, 4) is 17.2 Å². The van der Waals surface area contributed by atoms with Gasteiger partial charge in [0, 0.05) is 23.2 Å². The summed E-state index contributed by atoms with van der Waals surface area (Å²) in [5, 5.41) is 60.1. The van der Waals surface area contributed by atoms with Gasteiger partial charge in [0.1, 0.15) is 49.7 Å². The third-order valence-corrected chi connectivity index (χ3v) is 14.0. The molecule has 540 valence electrons. The molecule has 10 rings (SSSR count). The van der Waals surface area contributed by atoms with E-state index in [2.05, 4.69) is 79.2 Å². The predicted octanol–water partition coefficient (Wildman–Crippen LogP) is 23.5. The zero-order chi connectivity index (χ0) is 75.8. The minimum absolute atomic E-state index is 0.133. The van der Waals surface area contributed by atoms with Crippen molar-refractivity contribution < 1.29 is 82.2 Å². The summed E-state index contributed by atoms with van der Waals surface area (Å²) in [4.78, 5) is -0.778. The number of hydrogen-bond acceptors (Lipinski definition) is 22. The fourth-order valence-electron chi connectivity index (χ4n) is 7.80. The third-order valence-electron chi connectivity index (χ3n) is 11.3. The Bertz CT molecular complexity index is 4200. The molecule has 0 radical (unpaired) electrons. The van der Waals surface area contributed by atoms with Crippen LogP contribution in [-0.4, -0.2) is 102 Å². The monoisotopic (exact) mass is 1460 g/mol. The number of nitrogens with zero attached hydrogens (tertiary/aromatic N) is 6. The predicted molar refractivity (Wildman–Crippen MR) is 406 cm³/mol. The van der Waals surface area contributed by atoms with Crippen molar-refractivity contribution in [2.45, 2.75) is 112 Å². The van der Waals surface area contributed by atoms with Crippen LogP contribution in [0, 0.1) is 13.8 Å². The molecule has 0 unspecified atom stereocenters. The second kappa shape index (κ2) is 46.3. The summed E-state index contributed by atoms with van der Waals surface area (Å²) in [5.41, 5.74) is 2.19. The van der Waals surface area contributed by atoms with E-state index in [1.165, 1.54) is 36.0 Å². The van der Waals surface area contributed by atoms with Crippen LogP contribution in [0.5, 0.6) is 17.2 Å². The number of benzene rings is 10. The highest BCUT2D eigenvalue weighted by Crippen LogP contribution is 2.57. The molecule has 0 atom stereocenters. The van der Waals surface area contributed by atoms with Crippen molar-refractivity contribution in [1.82, 2.24) is 0 Å². The summed E-state index contributed by atoms with van der Waals surface area (Å²) in [6.45, 7) is 27.6. The van der Waals surface area contributed by atoms with Crippen molar-refractivity contribution in [1.29, 1.82) is 0 Å². The minimum Gasteiger partial charge on any atom is -0.505 e. The van der Waals surface area contributed by atoms with Gasteiger partial charge in [-0.2, -0.15) is 37.3 Å². The quantitative estimate of drug-likeness (QED) is 0.0496. The first-order valence-electron chi connectivity index (χ1n) is 30.5. The van der Waals surface area contributed by atoms with Crippen molar-refractivity contribution in [3.63, 3.8) is 0 Å². The van der Waals surface area contributed by atoms with Crippen molar-refractivity contribution in [2.75, 3.05) is 19.6 Å². The van der Waals surface area contributed by atoms with Gasteiger partial charge in [-0.25, -0.2) is 0 Å². The van der Waals surface area contributed by atoms with Crippen LogP contribution < -0.4 is 0 Å². The molecular formula is C69H96N6O18S5. The molecule has 0 saturated carbocycles. The fraction of sp³-hybridized carbons (Fsp3) is 0.246. The standard InChI is InChI=1S/C17H16N2O4S.C16H14N2O4S.C12H14N2O4S.C10H8.6C2H6.2CH4O3S/c1-11-6-5-7-12-10-14(24(21,22)23)16(17(20)15(11)12)19-18-13-8-3-2-4-9-13;19-16-13-9-5-4-6-11(13)10-14(23(20,21)22)15(16)18-17-12-7-2-1-3-8-12;1-7-4-3-5-8-6-9(19(16,17)18)11(14-13-2)12(15)10(7)8;1-2-6-10-8-4-3-7-9(10)5-1;6*1-2;2*1-5(2,3)4/h2-10,20-23H,1H3;1-10,19-22H;3-6,15-18H,1-2H3;1-8H;6*1-2H3;2*1H3,(H,2,3,4). The lowest BCUT2D eigenvalue weighted by atomic mass is 10.0. The molecular weight excluding hydrogens is 1360 g/mol. The van der Waals surface area contributed by atoms with Crippen molar-refractivity contribution >= 4 is 124 Å². The van der Waals surface area contributed by atoms with E-state index in [0.717, 1.165) is 11.1 Å². The zero-order valence-corrected chi connectivity index (χ0v) is 62.1. The molecule has 10 aromatic rings. The second-order valence-corrected chi connectivity index (χ2v) is 25.4. The number of azo groups is 3. The second-order valence-electron chi connectivity index (χ2n) is 18.0. The summed E-state index contributed by atoms with van der Waals surface area (Å²) < 4.78 is 138. The van der Waals surface area contributed by atoms with E-state index in [1.807, 2.05) is 121 Å². The van der Waals surface area contributed by atoms with E-state index in [1.54, 1.807) is 97.1 Å². The molecule has 29 heteroatoms. The Morgan fingerprint density at radius 1 is 0.296 bits per heavy atom. The molecule has 0 fully saturated rings. The maximum atomic E-state index is 10.6. The molecule has 0 amide bonds. The van der Waals surface area contributed by atoms with Crippen LogP contribution in [-0.2, 0) is 20.2 Å². The van der Waals surface area contributed by atoms with Gasteiger partial charge in [0.15, 0.2) is 17.2 Å².